The molecule has 0 unspecified atom stereocenters. The smallest absolute Gasteiger partial charge is 0.0633 e. The lowest BCUT2D eigenvalue weighted by Gasteiger charge is -2.18. The number of hydrogen-bond acceptors (Lipinski definition) is 2. The Kier molecular flexibility index (Phi) is 6.67. The third-order valence-corrected chi connectivity index (χ3v) is 2.08. The standard InChI is InChI=1S/C10H17NS/c1-5-7-8-10(6-2)11(3)9-12-4/h5-8H,2,9H2,1,3-4H3/b7-5-,10-8+. The van der Waals surface area contributed by atoms with Gasteiger partial charge in [0.25, 0.3) is 0 Å². The zero-order valence-electron chi connectivity index (χ0n) is 8.08. The summed E-state index contributed by atoms with van der Waals surface area (Å²) in [6.45, 7) is 5.77. The second kappa shape index (κ2) is 7.04. The van der Waals surface area contributed by atoms with Crippen LogP contribution < -0.4 is 0 Å². The van der Waals surface area contributed by atoms with Gasteiger partial charge < -0.3 is 4.90 Å². The SMILES string of the molecule is C=C/C(=C\C=C/C)N(C)CSC. The van der Waals surface area contributed by atoms with E-state index in [1.54, 1.807) is 11.8 Å². The van der Waals surface area contributed by atoms with E-state index in [1.807, 2.05) is 25.2 Å². The molecule has 0 aliphatic heterocycles. The summed E-state index contributed by atoms with van der Waals surface area (Å²) in [4.78, 5) is 2.16. The monoisotopic (exact) mass is 183 g/mol. The van der Waals surface area contributed by atoms with Crippen LogP contribution in [0.15, 0.2) is 36.6 Å². The molecule has 0 aromatic heterocycles. The van der Waals surface area contributed by atoms with Crippen molar-refractivity contribution in [3.63, 3.8) is 0 Å². The highest BCUT2D eigenvalue weighted by atomic mass is 32.2. The lowest BCUT2D eigenvalue weighted by molar-refractivity contribution is 0.510. The van der Waals surface area contributed by atoms with Gasteiger partial charge in [0.05, 0.1) is 5.88 Å². The number of likely N-dealkylation sites (N-methyl/N-ethyl adjacent to an activating group) is 1. The maximum absolute atomic E-state index is 3.76. The van der Waals surface area contributed by atoms with E-state index in [2.05, 4.69) is 30.9 Å². The van der Waals surface area contributed by atoms with E-state index >= 15 is 0 Å². The Balaban J connectivity index is 4.22. The molecular weight excluding hydrogens is 166 g/mol. The highest BCUT2D eigenvalue weighted by molar-refractivity contribution is 7.98. The van der Waals surface area contributed by atoms with Crippen LogP contribution in [0.1, 0.15) is 6.92 Å². The molecule has 0 spiro atoms. The second-order valence-corrected chi connectivity index (χ2v) is 3.27. The zero-order chi connectivity index (χ0) is 9.40. The summed E-state index contributed by atoms with van der Waals surface area (Å²) in [6, 6.07) is 0. The van der Waals surface area contributed by atoms with Crippen LogP contribution in [0.25, 0.3) is 0 Å². The van der Waals surface area contributed by atoms with Crippen LogP contribution in [0.4, 0.5) is 0 Å². The summed E-state index contributed by atoms with van der Waals surface area (Å²) in [5.74, 6) is 0.995. The predicted octanol–water partition coefficient (Wildman–Crippen LogP) is 2.88. The maximum atomic E-state index is 3.76. The van der Waals surface area contributed by atoms with Gasteiger partial charge in [-0.2, -0.15) is 0 Å². The Labute approximate surface area is 79.8 Å². The van der Waals surface area contributed by atoms with Crippen molar-refractivity contribution in [3.8, 4) is 0 Å². The average Bonchev–Trinajstić information content (AvgIpc) is 2.06. The Morgan fingerprint density at radius 2 is 2.25 bits per heavy atom. The van der Waals surface area contributed by atoms with Gasteiger partial charge in [-0.3, -0.25) is 0 Å². The third-order valence-electron chi connectivity index (χ3n) is 1.43. The Morgan fingerprint density at radius 1 is 1.58 bits per heavy atom. The minimum absolute atomic E-state index is 0.995. The lowest BCUT2D eigenvalue weighted by Crippen LogP contribution is -2.14. The number of rotatable bonds is 5. The van der Waals surface area contributed by atoms with Crippen LogP contribution in [0.3, 0.4) is 0 Å². The van der Waals surface area contributed by atoms with Crippen LogP contribution in [0, 0.1) is 0 Å². The van der Waals surface area contributed by atoms with Crippen LogP contribution >= 0.6 is 11.8 Å². The van der Waals surface area contributed by atoms with Crippen molar-refractivity contribution >= 4 is 11.8 Å². The number of thioether (sulfide) groups is 1. The fourth-order valence-electron chi connectivity index (χ4n) is 0.814. The van der Waals surface area contributed by atoms with Gasteiger partial charge in [0, 0.05) is 12.7 Å². The Morgan fingerprint density at radius 3 is 2.67 bits per heavy atom. The molecule has 1 nitrogen and oxygen atoms in total. The highest BCUT2D eigenvalue weighted by Gasteiger charge is 1.96. The Hall–Kier alpha value is -0.630. The van der Waals surface area contributed by atoms with E-state index < -0.39 is 0 Å². The molecule has 0 aromatic rings. The van der Waals surface area contributed by atoms with Gasteiger partial charge in [0.2, 0.25) is 0 Å². The fraction of sp³-hybridized carbons (Fsp3) is 0.400. The van der Waals surface area contributed by atoms with E-state index in [1.165, 1.54) is 0 Å². The fourth-order valence-corrected chi connectivity index (χ4v) is 1.35. The maximum Gasteiger partial charge on any atom is 0.0633 e. The summed E-state index contributed by atoms with van der Waals surface area (Å²) >= 11 is 1.80. The molecule has 0 aromatic carbocycles. The normalized spacial score (nSPS) is 12.1. The molecule has 0 amide bonds. The molecule has 0 radical (unpaired) electrons. The van der Waals surface area contributed by atoms with Crippen molar-refractivity contribution < 1.29 is 0 Å². The Bertz CT molecular complexity index is 182. The molecule has 68 valence electrons. The summed E-state index contributed by atoms with van der Waals surface area (Å²) in [5.41, 5.74) is 1.16. The molecular formula is C10H17NS. The van der Waals surface area contributed by atoms with E-state index in [0.717, 1.165) is 11.6 Å². The van der Waals surface area contributed by atoms with Crippen LogP contribution in [0.5, 0.6) is 0 Å². The molecule has 0 rings (SSSR count). The third kappa shape index (κ3) is 4.29. The quantitative estimate of drug-likeness (QED) is 0.476. The molecule has 2 heteroatoms. The number of nitrogens with zero attached hydrogens (tertiary/aromatic N) is 1. The van der Waals surface area contributed by atoms with Gasteiger partial charge in [-0.15, -0.1) is 11.8 Å². The van der Waals surface area contributed by atoms with E-state index in [4.69, 9.17) is 0 Å². The van der Waals surface area contributed by atoms with Crippen molar-refractivity contribution in [3.05, 3.63) is 36.6 Å². The number of allylic oxidation sites excluding steroid dienone is 4. The summed E-state index contributed by atoms with van der Waals surface area (Å²) in [5, 5.41) is 0. The van der Waals surface area contributed by atoms with Gasteiger partial charge in [0.1, 0.15) is 0 Å². The first-order valence-corrected chi connectivity index (χ1v) is 5.31. The lowest BCUT2D eigenvalue weighted by atomic mass is 10.3. The second-order valence-electron chi connectivity index (χ2n) is 2.44. The molecule has 0 fully saturated rings. The molecule has 0 saturated carbocycles. The minimum Gasteiger partial charge on any atom is -0.365 e. The summed E-state index contributed by atoms with van der Waals surface area (Å²) in [7, 11) is 2.06. The van der Waals surface area contributed by atoms with Crippen molar-refractivity contribution in [1.82, 2.24) is 4.90 Å². The number of hydrogen-bond donors (Lipinski definition) is 0. The van der Waals surface area contributed by atoms with Gasteiger partial charge >= 0.3 is 0 Å². The molecule has 0 aliphatic rings. The van der Waals surface area contributed by atoms with Crippen LogP contribution in [-0.2, 0) is 0 Å². The molecule has 0 bridgehead atoms. The summed E-state index contributed by atoms with van der Waals surface area (Å²) < 4.78 is 0. The van der Waals surface area contributed by atoms with E-state index in [-0.39, 0.29) is 0 Å². The summed E-state index contributed by atoms with van der Waals surface area (Å²) in [6.07, 6.45) is 10.1. The largest absolute Gasteiger partial charge is 0.365 e. The first-order chi connectivity index (χ1) is 5.76. The molecule has 0 heterocycles. The van der Waals surface area contributed by atoms with Crippen molar-refractivity contribution in [1.29, 1.82) is 0 Å². The topological polar surface area (TPSA) is 3.24 Å². The van der Waals surface area contributed by atoms with Gasteiger partial charge in [-0.05, 0) is 25.3 Å². The molecule has 12 heavy (non-hydrogen) atoms. The van der Waals surface area contributed by atoms with Crippen molar-refractivity contribution in [2.75, 3.05) is 19.2 Å². The predicted molar refractivity (Wildman–Crippen MR) is 59.2 cm³/mol. The first kappa shape index (κ1) is 11.4. The van der Waals surface area contributed by atoms with Gasteiger partial charge in [0.15, 0.2) is 0 Å². The molecule has 0 N–H and O–H groups in total. The van der Waals surface area contributed by atoms with Gasteiger partial charge in [-0.25, -0.2) is 0 Å². The zero-order valence-corrected chi connectivity index (χ0v) is 8.90. The highest BCUT2D eigenvalue weighted by Crippen LogP contribution is 2.06. The molecule has 0 saturated heterocycles. The van der Waals surface area contributed by atoms with Crippen LogP contribution in [0.2, 0.25) is 0 Å². The first-order valence-electron chi connectivity index (χ1n) is 3.91. The minimum atomic E-state index is 0.995. The van der Waals surface area contributed by atoms with Crippen molar-refractivity contribution in [2.24, 2.45) is 0 Å². The molecule has 0 atom stereocenters. The van der Waals surface area contributed by atoms with E-state index in [0.29, 0.717) is 0 Å². The van der Waals surface area contributed by atoms with Crippen LogP contribution in [-0.4, -0.2) is 24.1 Å². The van der Waals surface area contributed by atoms with E-state index in [9.17, 15) is 0 Å². The van der Waals surface area contributed by atoms with Gasteiger partial charge in [-0.1, -0.05) is 18.7 Å². The average molecular weight is 183 g/mol. The molecule has 0 aliphatic carbocycles. The van der Waals surface area contributed by atoms with Crippen molar-refractivity contribution in [2.45, 2.75) is 6.92 Å².